The summed E-state index contributed by atoms with van der Waals surface area (Å²) in [5, 5.41) is 4.75. The molecule has 0 aliphatic heterocycles. The number of para-hydroxylation sites is 2. The molecule has 0 amide bonds. The Hall–Kier alpha value is -6.38. The molecule has 1 aromatic heterocycles. The monoisotopic (exact) mass is 613 g/mol. The molecule has 0 spiro atoms. The third-order valence-electron chi connectivity index (χ3n) is 9.28. The molecule has 0 fully saturated rings. The maximum absolute atomic E-state index is 6.13. The van der Waals surface area contributed by atoms with Crippen LogP contribution in [0, 0.1) is 0 Å². The first-order valence-electron chi connectivity index (χ1n) is 16.3. The second-order valence-electron chi connectivity index (χ2n) is 12.1. The van der Waals surface area contributed by atoms with Gasteiger partial charge in [0.05, 0.1) is 0 Å². The van der Waals surface area contributed by atoms with Crippen LogP contribution in [0.1, 0.15) is 0 Å². The molecule has 0 unspecified atom stereocenters. The van der Waals surface area contributed by atoms with Crippen molar-refractivity contribution in [2.24, 2.45) is 0 Å². The van der Waals surface area contributed by atoms with Crippen LogP contribution in [0.15, 0.2) is 192 Å². The lowest BCUT2D eigenvalue weighted by molar-refractivity contribution is 0.669. The Morgan fingerprint density at radius 1 is 0.333 bits per heavy atom. The van der Waals surface area contributed by atoms with Crippen LogP contribution in [0.5, 0.6) is 0 Å². The maximum atomic E-state index is 6.13. The molecule has 226 valence electrons. The van der Waals surface area contributed by atoms with Gasteiger partial charge in [-0.05, 0) is 98.8 Å². The molecule has 0 aliphatic carbocycles. The smallest absolute Gasteiger partial charge is 0.136 e. The van der Waals surface area contributed by atoms with E-state index < -0.39 is 0 Å². The van der Waals surface area contributed by atoms with E-state index in [4.69, 9.17) is 4.42 Å². The van der Waals surface area contributed by atoms with Gasteiger partial charge in [-0.3, -0.25) is 0 Å². The first-order chi connectivity index (χ1) is 23.8. The van der Waals surface area contributed by atoms with Crippen LogP contribution in [0.2, 0.25) is 0 Å². The van der Waals surface area contributed by atoms with Gasteiger partial charge in [0.2, 0.25) is 0 Å². The lowest BCUT2D eigenvalue weighted by atomic mass is 9.94. The molecule has 48 heavy (non-hydrogen) atoms. The predicted octanol–water partition coefficient (Wildman–Crippen LogP) is 13.2. The van der Waals surface area contributed by atoms with Crippen molar-refractivity contribution in [3.05, 3.63) is 188 Å². The van der Waals surface area contributed by atoms with Crippen molar-refractivity contribution < 1.29 is 4.42 Å². The van der Waals surface area contributed by atoms with Crippen LogP contribution in [-0.2, 0) is 0 Å². The molecule has 0 aliphatic rings. The lowest BCUT2D eigenvalue weighted by Gasteiger charge is -2.26. The molecule has 9 rings (SSSR count). The predicted molar refractivity (Wildman–Crippen MR) is 202 cm³/mol. The standard InChI is InChI=1S/C46H31NO/c1-3-11-33(12-4-1)40-15-7-8-16-41(40)34-21-27-39(28-22-34)47(37-13-5-2-6-14-37)38-25-19-32(20-26-38)35-23-29-42-36(31-35)24-30-45-46(42)43-17-9-10-18-44(43)48-45/h1-31H. The number of furan rings is 1. The number of hydrogen-bond acceptors (Lipinski definition) is 2. The summed E-state index contributed by atoms with van der Waals surface area (Å²) < 4.78 is 6.13. The van der Waals surface area contributed by atoms with E-state index in [1.54, 1.807) is 0 Å². The van der Waals surface area contributed by atoms with Crippen LogP contribution in [0.3, 0.4) is 0 Å². The number of fused-ring (bicyclic) bond motifs is 5. The average Bonchev–Trinajstić information content (AvgIpc) is 3.55. The van der Waals surface area contributed by atoms with E-state index in [1.807, 2.05) is 12.1 Å². The van der Waals surface area contributed by atoms with Crippen LogP contribution < -0.4 is 4.90 Å². The lowest BCUT2D eigenvalue weighted by Crippen LogP contribution is -2.09. The minimum absolute atomic E-state index is 0.925. The summed E-state index contributed by atoms with van der Waals surface area (Å²) in [6, 6.07) is 66.9. The van der Waals surface area contributed by atoms with Gasteiger partial charge in [-0.15, -0.1) is 0 Å². The number of benzene rings is 8. The van der Waals surface area contributed by atoms with Gasteiger partial charge in [-0.2, -0.15) is 0 Å². The van der Waals surface area contributed by atoms with Crippen molar-refractivity contribution in [2.45, 2.75) is 0 Å². The molecule has 0 saturated heterocycles. The molecular weight excluding hydrogens is 583 g/mol. The Bertz CT molecular complexity index is 2530. The van der Waals surface area contributed by atoms with Crippen molar-refractivity contribution >= 4 is 49.8 Å². The van der Waals surface area contributed by atoms with E-state index in [1.165, 1.54) is 49.5 Å². The Kier molecular flexibility index (Phi) is 6.84. The summed E-state index contributed by atoms with van der Waals surface area (Å²) in [4.78, 5) is 2.32. The van der Waals surface area contributed by atoms with Crippen LogP contribution >= 0.6 is 0 Å². The average molecular weight is 614 g/mol. The third-order valence-corrected chi connectivity index (χ3v) is 9.28. The second-order valence-corrected chi connectivity index (χ2v) is 12.1. The molecular formula is C46H31NO. The summed E-state index contributed by atoms with van der Waals surface area (Å²) in [5.41, 5.74) is 12.4. The topological polar surface area (TPSA) is 16.4 Å². The fourth-order valence-electron chi connectivity index (χ4n) is 6.95. The molecule has 0 saturated carbocycles. The fourth-order valence-corrected chi connectivity index (χ4v) is 6.95. The number of nitrogens with zero attached hydrogens (tertiary/aromatic N) is 1. The van der Waals surface area contributed by atoms with Gasteiger partial charge < -0.3 is 9.32 Å². The maximum Gasteiger partial charge on any atom is 0.136 e. The zero-order valence-corrected chi connectivity index (χ0v) is 26.3. The van der Waals surface area contributed by atoms with Crippen molar-refractivity contribution in [2.75, 3.05) is 4.90 Å². The van der Waals surface area contributed by atoms with Gasteiger partial charge in [0.15, 0.2) is 0 Å². The van der Waals surface area contributed by atoms with Gasteiger partial charge in [-0.1, -0.05) is 133 Å². The first kappa shape index (κ1) is 27.9. The van der Waals surface area contributed by atoms with Crippen LogP contribution in [0.25, 0.3) is 66.1 Å². The fraction of sp³-hybridized carbons (Fsp3) is 0. The molecule has 8 aromatic carbocycles. The van der Waals surface area contributed by atoms with Crippen LogP contribution in [0.4, 0.5) is 17.1 Å². The van der Waals surface area contributed by atoms with E-state index in [0.29, 0.717) is 0 Å². The van der Waals surface area contributed by atoms with Crippen molar-refractivity contribution in [3.8, 4) is 33.4 Å². The molecule has 2 nitrogen and oxygen atoms in total. The van der Waals surface area contributed by atoms with E-state index in [0.717, 1.165) is 33.6 Å². The number of hydrogen-bond donors (Lipinski definition) is 0. The normalized spacial score (nSPS) is 11.3. The summed E-state index contributed by atoms with van der Waals surface area (Å²) in [6.07, 6.45) is 0. The SMILES string of the molecule is c1ccc(-c2ccccc2-c2ccc(N(c3ccccc3)c3ccc(-c4ccc5c(ccc6oc7ccccc7c65)c4)cc3)cc2)cc1. The van der Waals surface area contributed by atoms with Gasteiger partial charge >= 0.3 is 0 Å². The van der Waals surface area contributed by atoms with Crippen molar-refractivity contribution in [1.29, 1.82) is 0 Å². The number of rotatable bonds is 6. The Morgan fingerprint density at radius 3 is 1.58 bits per heavy atom. The van der Waals surface area contributed by atoms with E-state index >= 15 is 0 Å². The van der Waals surface area contributed by atoms with E-state index in [9.17, 15) is 0 Å². The molecule has 0 radical (unpaired) electrons. The van der Waals surface area contributed by atoms with Gasteiger partial charge in [0.1, 0.15) is 11.2 Å². The summed E-state index contributed by atoms with van der Waals surface area (Å²) in [6.45, 7) is 0. The highest BCUT2D eigenvalue weighted by Crippen LogP contribution is 2.39. The minimum atomic E-state index is 0.925. The first-order valence-corrected chi connectivity index (χ1v) is 16.3. The summed E-state index contributed by atoms with van der Waals surface area (Å²) >= 11 is 0. The highest BCUT2D eigenvalue weighted by Gasteiger charge is 2.15. The molecule has 0 atom stereocenters. The summed E-state index contributed by atoms with van der Waals surface area (Å²) in [5.74, 6) is 0. The van der Waals surface area contributed by atoms with E-state index in [-0.39, 0.29) is 0 Å². The quantitative estimate of drug-likeness (QED) is 0.185. The Labute approximate surface area is 279 Å². The van der Waals surface area contributed by atoms with Crippen molar-refractivity contribution in [3.63, 3.8) is 0 Å². The molecule has 0 N–H and O–H groups in total. The Morgan fingerprint density at radius 2 is 0.875 bits per heavy atom. The molecule has 0 bridgehead atoms. The van der Waals surface area contributed by atoms with Gasteiger partial charge in [-0.25, -0.2) is 0 Å². The summed E-state index contributed by atoms with van der Waals surface area (Å²) in [7, 11) is 0. The van der Waals surface area contributed by atoms with Crippen molar-refractivity contribution in [1.82, 2.24) is 0 Å². The van der Waals surface area contributed by atoms with Gasteiger partial charge in [0, 0.05) is 27.8 Å². The third kappa shape index (κ3) is 4.92. The van der Waals surface area contributed by atoms with E-state index in [2.05, 4.69) is 181 Å². The van der Waals surface area contributed by atoms with Crippen LogP contribution in [-0.4, -0.2) is 0 Å². The molecule has 9 aromatic rings. The zero-order chi connectivity index (χ0) is 31.9. The zero-order valence-electron chi connectivity index (χ0n) is 26.3. The second kappa shape index (κ2) is 11.8. The highest BCUT2D eigenvalue weighted by atomic mass is 16.3. The van der Waals surface area contributed by atoms with Gasteiger partial charge in [0.25, 0.3) is 0 Å². The Balaban J connectivity index is 1.07. The molecule has 1 heterocycles. The highest BCUT2D eigenvalue weighted by molar-refractivity contribution is 6.19. The minimum Gasteiger partial charge on any atom is -0.456 e. The molecule has 2 heteroatoms. The largest absolute Gasteiger partial charge is 0.456 e. The number of anilines is 3.